The van der Waals surface area contributed by atoms with Gasteiger partial charge in [-0.05, 0) is 55.0 Å². The maximum atomic E-state index is 12.7. The Morgan fingerprint density at radius 2 is 1.80 bits per heavy atom. The van der Waals surface area contributed by atoms with Gasteiger partial charge < -0.3 is 15.4 Å². The molecule has 0 radical (unpaired) electrons. The van der Waals surface area contributed by atoms with Crippen molar-refractivity contribution in [3.8, 4) is 5.75 Å². The van der Waals surface area contributed by atoms with Crippen molar-refractivity contribution in [2.24, 2.45) is 5.92 Å². The molecule has 0 unspecified atom stereocenters. The fourth-order valence-corrected chi connectivity index (χ4v) is 5.09. The molecular weight excluding hydrogens is 402 g/mol. The summed E-state index contributed by atoms with van der Waals surface area (Å²) in [6.07, 6.45) is 2.45. The second kappa shape index (κ2) is 10.4. The van der Waals surface area contributed by atoms with Crippen molar-refractivity contribution in [1.29, 1.82) is 0 Å². The number of sulfonamides is 1. The van der Waals surface area contributed by atoms with Crippen LogP contribution in [0.3, 0.4) is 0 Å². The number of piperidine rings is 1. The number of carbonyl (C=O) groups is 1. The summed E-state index contributed by atoms with van der Waals surface area (Å²) >= 11 is 0. The van der Waals surface area contributed by atoms with Crippen LogP contribution in [0.25, 0.3) is 0 Å². The number of urea groups is 1. The Balaban J connectivity index is 1.36. The zero-order valence-corrected chi connectivity index (χ0v) is 18.0. The second-order valence-corrected chi connectivity index (χ2v) is 9.35. The van der Waals surface area contributed by atoms with Crippen molar-refractivity contribution < 1.29 is 17.9 Å². The highest BCUT2D eigenvalue weighted by atomic mass is 32.2. The number of amides is 2. The van der Waals surface area contributed by atoms with Gasteiger partial charge in [0.05, 0.1) is 12.0 Å². The number of benzene rings is 2. The van der Waals surface area contributed by atoms with Crippen LogP contribution in [0.15, 0.2) is 59.5 Å². The Kier molecular flexibility index (Phi) is 7.70. The van der Waals surface area contributed by atoms with Crippen LogP contribution >= 0.6 is 0 Å². The van der Waals surface area contributed by atoms with Crippen LogP contribution in [-0.2, 0) is 16.6 Å². The molecular formula is C22H29N3O4S. The van der Waals surface area contributed by atoms with Gasteiger partial charge in [-0.25, -0.2) is 13.2 Å². The molecule has 1 saturated heterocycles. The van der Waals surface area contributed by atoms with Gasteiger partial charge in [0, 0.05) is 26.2 Å². The number of nitrogens with one attached hydrogen (secondary N) is 2. The summed E-state index contributed by atoms with van der Waals surface area (Å²) in [6, 6.07) is 15.9. The molecule has 0 saturated carbocycles. The van der Waals surface area contributed by atoms with Gasteiger partial charge in [-0.1, -0.05) is 30.3 Å². The van der Waals surface area contributed by atoms with E-state index in [1.165, 1.54) is 0 Å². The van der Waals surface area contributed by atoms with E-state index >= 15 is 0 Å². The molecule has 7 nitrogen and oxygen atoms in total. The second-order valence-electron chi connectivity index (χ2n) is 7.41. The van der Waals surface area contributed by atoms with Gasteiger partial charge in [-0.2, -0.15) is 4.31 Å². The SMILES string of the molecule is COc1cccc(CNC(=O)NCCC2CCN(S(=O)(=O)c3ccccc3)CC2)c1. The Bertz CT molecular complexity index is 926. The molecule has 0 spiro atoms. The van der Waals surface area contributed by atoms with E-state index in [1.807, 2.05) is 30.3 Å². The summed E-state index contributed by atoms with van der Waals surface area (Å²) in [6.45, 7) is 2.03. The van der Waals surface area contributed by atoms with Crippen molar-refractivity contribution in [3.63, 3.8) is 0 Å². The number of carbonyl (C=O) groups excluding carboxylic acids is 1. The van der Waals surface area contributed by atoms with Crippen molar-refractivity contribution in [2.45, 2.75) is 30.7 Å². The highest BCUT2D eigenvalue weighted by Gasteiger charge is 2.29. The van der Waals surface area contributed by atoms with Crippen LogP contribution in [0.5, 0.6) is 5.75 Å². The fourth-order valence-electron chi connectivity index (χ4n) is 3.60. The summed E-state index contributed by atoms with van der Waals surface area (Å²) < 4.78 is 32.1. The molecule has 0 aromatic heterocycles. The fraction of sp³-hybridized carbons (Fsp3) is 0.409. The number of nitrogens with zero attached hydrogens (tertiary/aromatic N) is 1. The van der Waals surface area contributed by atoms with E-state index in [4.69, 9.17) is 4.74 Å². The van der Waals surface area contributed by atoms with Crippen LogP contribution in [0.1, 0.15) is 24.8 Å². The van der Waals surface area contributed by atoms with E-state index in [-0.39, 0.29) is 6.03 Å². The molecule has 2 N–H and O–H groups in total. The molecule has 2 aromatic carbocycles. The van der Waals surface area contributed by atoms with Crippen LogP contribution in [-0.4, -0.2) is 45.5 Å². The van der Waals surface area contributed by atoms with Crippen molar-refractivity contribution in [3.05, 3.63) is 60.2 Å². The number of hydrogen-bond donors (Lipinski definition) is 2. The Morgan fingerprint density at radius 3 is 2.50 bits per heavy atom. The first-order valence-electron chi connectivity index (χ1n) is 10.2. The first-order valence-corrected chi connectivity index (χ1v) is 11.6. The van der Waals surface area contributed by atoms with Crippen molar-refractivity contribution >= 4 is 16.1 Å². The Morgan fingerprint density at radius 1 is 1.07 bits per heavy atom. The third kappa shape index (κ3) is 5.96. The molecule has 162 valence electrons. The Labute approximate surface area is 178 Å². The number of hydrogen-bond acceptors (Lipinski definition) is 4. The van der Waals surface area contributed by atoms with E-state index in [0.29, 0.717) is 37.0 Å². The topological polar surface area (TPSA) is 87.7 Å². The number of ether oxygens (including phenoxy) is 1. The number of rotatable bonds is 8. The average Bonchev–Trinajstić information content (AvgIpc) is 2.79. The third-order valence-electron chi connectivity index (χ3n) is 5.38. The predicted molar refractivity (Wildman–Crippen MR) is 116 cm³/mol. The first-order chi connectivity index (χ1) is 14.5. The maximum Gasteiger partial charge on any atom is 0.315 e. The van der Waals surface area contributed by atoms with Crippen molar-refractivity contribution in [2.75, 3.05) is 26.7 Å². The lowest BCUT2D eigenvalue weighted by molar-refractivity contribution is 0.235. The summed E-state index contributed by atoms with van der Waals surface area (Å²) in [5.74, 6) is 1.17. The molecule has 2 amide bonds. The summed E-state index contributed by atoms with van der Waals surface area (Å²) in [5, 5.41) is 5.72. The zero-order valence-electron chi connectivity index (χ0n) is 17.2. The lowest BCUT2D eigenvalue weighted by Gasteiger charge is -2.31. The van der Waals surface area contributed by atoms with E-state index < -0.39 is 10.0 Å². The normalized spacial score (nSPS) is 15.5. The van der Waals surface area contributed by atoms with Gasteiger partial charge in [0.2, 0.25) is 10.0 Å². The molecule has 0 bridgehead atoms. The molecule has 0 aliphatic carbocycles. The molecule has 30 heavy (non-hydrogen) atoms. The highest BCUT2D eigenvalue weighted by Crippen LogP contribution is 2.25. The largest absolute Gasteiger partial charge is 0.497 e. The van der Waals surface area contributed by atoms with Gasteiger partial charge in [0.25, 0.3) is 0 Å². The quantitative estimate of drug-likeness (QED) is 0.673. The molecule has 3 rings (SSSR count). The standard InChI is InChI=1S/C22H29N3O4S/c1-29-20-7-5-6-19(16-20)17-24-22(26)23-13-10-18-11-14-25(15-12-18)30(27,28)21-8-3-2-4-9-21/h2-9,16,18H,10-15,17H2,1H3,(H2,23,24,26). The highest BCUT2D eigenvalue weighted by molar-refractivity contribution is 7.89. The van der Waals surface area contributed by atoms with Gasteiger partial charge in [0.15, 0.2) is 0 Å². The number of methoxy groups -OCH3 is 1. The minimum atomic E-state index is -3.41. The van der Waals surface area contributed by atoms with Crippen LogP contribution in [0, 0.1) is 5.92 Å². The van der Waals surface area contributed by atoms with Crippen LogP contribution < -0.4 is 15.4 Å². The van der Waals surface area contributed by atoms with Gasteiger partial charge in [-0.15, -0.1) is 0 Å². The lowest BCUT2D eigenvalue weighted by Crippen LogP contribution is -2.40. The summed E-state index contributed by atoms with van der Waals surface area (Å²) in [4.78, 5) is 12.4. The maximum absolute atomic E-state index is 12.7. The predicted octanol–water partition coefficient (Wildman–Crippen LogP) is 2.99. The molecule has 1 fully saturated rings. The van der Waals surface area contributed by atoms with E-state index in [0.717, 1.165) is 30.6 Å². The van der Waals surface area contributed by atoms with Gasteiger partial charge in [0.1, 0.15) is 5.75 Å². The Hall–Kier alpha value is -2.58. The van der Waals surface area contributed by atoms with E-state index in [1.54, 1.807) is 35.7 Å². The summed E-state index contributed by atoms with van der Waals surface area (Å²) in [7, 11) is -1.80. The van der Waals surface area contributed by atoms with Crippen LogP contribution in [0.4, 0.5) is 4.79 Å². The van der Waals surface area contributed by atoms with Gasteiger partial charge >= 0.3 is 6.03 Å². The summed E-state index contributed by atoms with van der Waals surface area (Å²) in [5.41, 5.74) is 0.969. The molecule has 8 heteroatoms. The monoisotopic (exact) mass is 431 g/mol. The van der Waals surface area contributed by atoms with Gasteiger partial charge in [-0.3, -0.25) is 0 Å². The molecule has 1 aliphatic heterocycles. The van der Waals surface area contributed by atoms with Crippen LogP contribution in [0.2, 0.25) is 0 Å². The minimum Gasteiger partial charge on any atom is -0.497 e. The van der Waals surface area contributed by atoms with E-state index in [2.05, 4.69) is 10.6 Å². The average molecular weight is 432 g/mol. The third-order valence-corrected chi connectivity index (χ3v) is 7.29. The smallest absolute Gasteiger partial charge is 0.315 e. The van der Waals surface area contributed by atoms with Crippen molar-refractivity contribution in [1.82, 2.24) is 14.9 Å². The molecule has 2 aromatic rings. The first kappa shape index (κ1) is 22.1. The molecule has 0 atom stereocenters. The van der Waals surface area contributed by atoms with E-state index in [9.17, 15) is 13.2 Å². The lowest BCUT2D eigenvalue weighted by atomic mass is 9.95. The molecule has 1 heterocycles. The molecule has 1 aliphatic rings. The minimum absolute atomic E-state index is 0.207. The zero-order chi connectivity index (χ0) is 21.4.